The van der Waals surface area contributed by atoms with Crippen LogP contribution in [0, 0.1) is 0 Å². The molecule has 0 saturated heterocycles. The lowest BCUT2D eigenvalue weighted by molar-refractivity contribution is -0.140. The third-order valence-electron chi connectivity index (χ3n) is 4.76. The molecule has 0 spiro atoms. The molecule has 0 radical (unpaired) electrons. The Labute approximate surface area is 179 Å². The fraction of sp³-hybridized carbons (Fsp3) is 0.136. The smallest absolute Gasteiger partial charge is 0.339 e. The van der Waals surface area contributed by atoms with E-state index in [9.17, 15) is 23.1 Å². The van der Waals surface area contributed by atoms with Crippen LogP contribution in [0.25, 0.3) is 0 Å². The van der Waals surface area contributed by atoms with Gasteiger partial charge in [0.05, 0.1) is 4.90 Å². The molecule has 3 N–H and O–H groups in total. The van der Waals surface area contributed by atoms with E-state index in [0.29, 0.717) is 16.8 Å². The van der Waals surface area contributed by atoms with Gasteiger partial charge in [0.1, 0.15) is 0 Å². The van der Waals surface area contributed by atoms with E-state index in [-0.39, 0.29) is 17.3 Å². The van der Waals surface area contributed by atoms with Gasteiger partial charge in [-0.25, -0.2) is 13.2 Å². The minimum Gasteiger partial charge on any atom is -0.479 e. The molecule has 1 heterocycles. The number of amides is 1. The molecule has 8 nitrogen and oxygen atoms in total. The normalized spacial score (nSPS) is 13.2. The molecule has 0 bridgehead atoms. The number of sulfone groups is 1. The van der Waals surface area contributed by atoms with Gasteiger partial charge in [-0.05, 0) is 55.0 Å². The van der Waals surface area contributed by atoms with Gasteiger partial charge in [-0.1, -0.05) is 24.3 Å². The van der Waals surface area contributed by atoms with Crippen LogP contribution in [0.4, 0.5) is 5.69 Å². The molecule has 2 aromatic carbocycles. The van der Waals surface area contributed by atoms with E-state index in [2.05, 4.69) is 15.6 Å². The molecular weight excluding hydrogens is 418 g/mol. The van der Waals surface area contributed by atoms with E-state index >= 15 is 0 Å². The predicted molar refractivity (Wildman–Crippen MR) is 115 cm³/mol. The Bertz CT molecular complexity index is 1170. The van der Waals surface area contributed by atoms with Gasteiger partial charge >= 0.3 is 5.97 Å². The molecule has 0 fully saturated rings. The number of pyridine rings is 1. The molecule has 1 amide bonds. The van der Waals surface area contributed by atoms with Crippen molar-refractivity contribution < 1.29 is 23.1 Å². The first-order valence-corrected chi connectivity index (χ1v) is 10.8. The number of carbonyl (C=O) groups excluding carboxylic acids is 1. The van der Waals surface area contributed by atoms with Crippen molar-refractivity contribution in [3.05, 3.63) is 90.3 Å². The number of hydrogen-bond donors (Lipinski definition) is 3. The van der Waals surface area contributed by atoms with Gasteiger partial charge < -0.3 is 10.4 Å². The number of nitrogens with one attached hydrogen (secondary N) is 2. The molecule has 0 aliphatic heterocycles. The van der Waals surface area contributed by atoms with E-state index < -0.39 is 20.7 Å². The van der Waals surface area contributed by atoms with Crippen molar-refractivity contribution in [3.63, 3.8) is 0 Å². The first-order valence-electron chi connectivity index (χ1n) is 9.32. The fourth-order valence-electron chi connectivity index (χ4n) is 2.80. The highest BCUT2D eigenvalue weighted by atomic mass is 32.2. The topological polar surface area (TPSA) is 125 Å². The summed E-state index contributed by atoms with van der Waals surface area (Å²) in [5.74, 6) is -1.87. The molecule has 1 unspecified atom stereocenters. The van der Waals surface area contributed by atoms with E-state index in [1.807, 2.05) is 0 Å². The van der Waals surface area contributed by atoms with Crippen LogP contribution in [-0.4, -0.2) is 35.3 Å². The van der Waals surface area contributed by atoms with Crippen LogP contribution in [0.2, 0.25) is 0 Å². The average molecular weight is 439 g/mol. The summed E-state index contributed by atoms with van der Waals surface area (Å²) in [7, 11) is -4.31. The number of rotatable bonds is 8. The average Bonchev–Trinajstić information content (AvgIpc) is 2.78. The van der Waals surface area contributed by atoms with Gasteiger partial charge in [0, 0.05) is 30.2 Å². The fourth-order valence-corrected chi connectivity index (χ4v) is 4.26. The molecule has 3 aromatic rings. The Kier molecular flexibility index (Phi) is 6.47. The molecule has 9 heteroatoms. The van der Waals surface area contributed by atoms with Crippen molar-refractivity contribution >= 4 is 27.4 Å². The number of nitrogens with zero attached hydrogens (tertiary/aromatic N) is 1. The van der Waals surface area contributed by atoms with Crippen LogP contribution >= 0.6 is 0 Å². The maximum absolute atomic E-state index is 13.1. The Morgan fingerprint density at radius 2 is 1.68 bits per heavy atom. The van der Waals surface area contributed by atoms with Crippen molar-refractivity contribution in [1.29, 1.82) is 0 Å². The van der Waals surface area contributed by atoms with Crippen molar-refractivity contribution in [2.75, 3.05) is 5.32 Å². The largest absolute Gasteiger partial charge is 0.479 e. The Balaban J connectivity index is 1.80. The predicted octanol–water partition coefficient (Wildman–Crippen LogP) is 2.70. The number of benzene rings is 2. The first-order chi connectivity index (χ1) is 14.7. The van der Waals surface area contributed by atoms with Crippen LogP contribution in [-0.2, 0) is 21.2 Å². The summed E-state index contributed by atoms with van der Waals surface area (Å²) in [6, 6.07) is 17.3. The summed E-state index contributed by atoms with van der Waals surface area (Å²) in [4.78, 5) is 25.6. The SMILES string of the molecule is CC(NCc1cccnc1)(C(=O)O)S(=O)(=O)c1ccc(NC(=O)c2ccccc2)cc1. The highest BCUT2D eigenvalue weighted by molar-refractivity contribution is 7.93. The maximum Gasteiger partial charge on any atom is 0.339 e. The second-order valence-electron chi connectivity index (χ2n) is 6.90. The summed E-state index contributed by atoms with van der Waals surface area (Å²) < 4.78 is 26.3. The molecule has 160 valence electrons. The van der Waals surface area contributed by atoms with E-state index in [1.54, 1.807) is 48.7 Å². The standard InChI is InChI=1S/C22H21N3O5S/c1-22(21(27)28,24-15-16-6-5-13-23-14-16)31(29,30)19-11-9-18(10-12-19)25-20(26)17-7-3-2-4-8-17/h2-14,24H,15H2,1H3,(H,25,26)(H,27,28). The third-order valence-corrected chi connectivity index (χ3v) is 7.04. The highest BCUT2D eigenvalue weighted by Gasteiger charge is 2.47. The zero-order chi connectivity index (χ0) is 22.5. The van der Waals surface area contributed by atoms with Gasteiger partial charge in [0.25, 0.3) is 5.91 Å². The lowest BCUT2D eigenvalue weighted by Gasteiger charge is -2.26. The van der Waals surface area contributed by atoms with E-state index in [1.165, 1.54) is 30.5 Å². The summed E-state index contributed by atoms with van der Waals surface area (Å²) in [6.45, 7) is 1.10. The zero-order valence-corrected chi connectivity index (χ0v) is 17.5. The zero-order valence-electron chi connectivity index (χ0n) is 16.6. The van der Waals surface area contributed by atoms with Crippen LogP contribution in [0.1, 0.15) is 22.8 Å². The third kappa shape index (κ3) is 4.79. The monoisotopic (exact) mass is 439 g/mol. The Morgan fingerprint density at radius 1 is 1.00 bits per heavy atom. The van der Waals surface area contributed by atoms with Gasteiger partial charge in [-0.3, -0.25) is 15.1 Å². The lowest BCUT2D eigenvalue weighted by Crippen LogP contribution is -2.55. The van der Waals surface area contributed by atoms with Gasteiger partial charge in [-0.15, -0.1) is 0 Å². The summed E-state index contributed by atoms with van der Waals surface area (Å²) in [5, 5.41) is 15.0. The van der Waals surface area contributed by atoms with Crippen LogP contribution < -0.4 is 10.6 Å². The van der Waals surface area contributed by atoms with Crippen LogP contribution in [0.3, 0.4) is 0 Å². The molecule has 31 heavy (non-hydrogen) atoms. The second-order valence-corrected chi connectivity index (χ2v) is 9.20. The molecule has 1 aromatic heterocycles. The molecule has 0 saturated carbocycles. The summed E-state index contributed by atoms with van der Waals surface area (Å²) in [5.41, 5.74) is 1.48. The van der Waals surface area contributed by atoms with Crippen LogP contribution in [0.5, 0.6) is 0 Å². The molecular formula is C22H21N3O5S. The molecule has 0 aliphatic rings. The summed E-state index contributed by atoms with van der Waals surface area (Å²) in [6.07, 6.45) is 3.08. The number of carbonyl (C=O) groups is 2. The number of anilines is 1. The number of carboxylic acids is 1. The quantitative estimate of drug-likeness (QED) is 0.493. The molecule has 0 aliphatic carbocycles. The van der Waals surface area contributed by atoms with Gasteiger partial charge in [0.15, 0.2) is 0 Å². The molecule has 3 rings (SSSR count). The number of aliphatic carboxylic acids is 1. The summed E-state index contributed by atoms with van der Waals surface area (Å²) >= 11 is 0. The van der Waals surface area contributed by atoms with Gasteiger partial charge in [-0.2, -0.15) is 0 Å². The van der Waals surface area contributed by atoms with E-state index in [0.717, 1.165) is 6.92 Å². The first kappa shape index (κ1) is 22.1. The van der Waals surface area contributed by atoms with Crippen LogP contribution in [0.15, 0.2) is 84.0 Å². The number of carboxylic acid groups (broad SMARTS) is 1. The Hall–Kier alpha value is -3.56. The van der Waals surface area contributed by atoms with Crippen molar-refractivity contribution in [3.8, 4) is 0 Å². The van der Waals surface area contributed by atoms with Gasteiger partial charge in [0.2, 0.25) is 14.7 Å². The number of hydrogen-bond acceptors (Lipinski definition) is 6. The van der Waals surface area contributed by atoms with Crippen molar-refractivity contribution in [1.82, 2.24) is 10.3 Å². The highest BCUT2D eigenvalue weighted by Crippen LogP contribution is 2.26. The maximum atomic E-state index is 13.1. The lowest BCUT2D eigenvalue weighted by atomic mass is 10.2. The number of aromatic nitrogens is 1. The van der Waals surface area contributed by atoms with E-state index in [4.69, 9.17) is 0 Å². The Morgan fingerprint density at radius 3 is 2.26 bits per heavy atom. The minimum atomic E-state index is -4.31. The minimum absolute atomic E-state index is 0.00108. The molecule has 1 atom stereocenters. The van der Waals surface area contributed by atoms with Crippen molar-refractivity contribution in [2.24, 2.45) is 0 Å². The van der Waals surface area contributed by atoms with Crippen molar-refractivity contribution in [2.45, 2.75) is 23.2 Å². The second kappa shape index (κ2) is 9.07.